The third kappa shape index (κ3) is 3.38. The van der Waals surface area contributed by atoms with Crippen molar-refractivity contribution in [2.24, 2.45) is 28.6 Å². The minimum atomic E-state index is -1.22. The van der Waals surface area contributed by atoms with E-state index in [-0.39, 0.29) is 18.4 Å². The van der Waals surface area contributed by atoms with E-state index in [1.807, 2.05) is 13.8 Å². The molecular weight excluding hydrogens is 350 g/mol. The van der Waals surface area contributed by atoms with Gasteiger partial charge in [0.2, 0.25) is 0 Å². The molecule has 3 rings (SSSR count). The van der Waals surface area contributed by atoms with E-state index in [2.05, 4.69) is 19.9 Å². The summed E-state index contributed by atoms with van der Waals surface area (Å²) in [5.74, 6) is -0.173. The number of rotatable bonds is 9. The minimum absolute atomic E-state index is 0.0209. The second-order valence-electron chi connectivity index (χ2n) is 9.11. The van der Waals surface area contributed by atoms with Gasteiger partial charge < -0.3 is 24.4 Å². The van der Waals surface area contributed by atoms with Crippen LogP contribution in [-0.4, -0.2) is 47.6 Å². The van der Waals surface area contributed by atoms with Crippen LogP contribution >= 0.6 is 0 Å². The zero-order valence-corrected chi connectivity index (χ0v) is 16.6. The van der Waals surface area contributed by atoms with Crippen LogP contribution < -0.4 is 0 Å². The summed E-state index contributed by atoms with van der Waals surface area (Å²) in [4.78, 5) is 12.1. The number of ether oxygens (including phenoxy) is 3. The summed E-state index contributed by atoms with van der Waals surface area (Å²) in [5.41, 5.74) is -1.42. The number of carbonyl (C=O) groups is 1. The molecule has 3 fully saturated rings. The summed E-state index contributed by atoms with van der Waals surface area (Å²) < 4.78 is 16.6. The normalized spacial score (nSPS) is 38.5. The van der Waals surface area contributed by atoms with Crippen molar-refractivity contribution in [2.45, 2.75) is 78.2 Å². The van der Waals surface area contributed by atoms with Gasteiger partial charge in [0, 0.05) is 11.3 Å². The summed E-state index contributed by atoms with van der Waals surface area (Å²) in [6.07, 6.45) is -0.436. The van der Waals surface area contributed by atoms with Crippen LogP contribution in [0.5, 0.6) is 0 Å². The van der Waals surface area contributed by atoms with Crippen LogP contribution in [0.4, 0.5) is 0 Å². The number of carbonyl (C=O) groups excluding carboxylic acids is 1. The van der Waals surface area contributed by atoms with E-state index in [0.717, 1.165) is 12.8 Å². The molecule has 8 unspecified atom stereocenters. The Morgan fingerprint density at radius 3 is 2.74 bits per heavy atom. The molecule has 1 heterocycles. The topological polar surface area (TPSA) is 109 Å². The van der Waals surface area contributed by atoms with Gasteiger partial charge in [0.15, 0.2) is 18.0 Å². The average Bonchev–Trinajstić information content (AvgIpc) is 3.20. The molecule has 8 atom stereocenters. The first-order valence-electron chi connectivity index (χ1n) is 9.92. The summed E-state index contributed by atoms with van der Waals surface area (Å²) in [6.45, 7) is 8.01. The molecule has 0 amide bonds. The predicted octanol–water partition coefficient (Wildman–Crippen LogP) is 1.96. The quantitative estimate of drug-likeness (QED) is 0.464. The SMILES string of the molecule is CCC(C)(CC(C)C)C(O)OCC(O)OC1C2CC3C1OC(=O)C3(C#N)C2. The van der Waals surface area contributed by atoms with Crippen LogP contribution in [0.2, 0.25) is 0 Å². The third-order valence-corrected chi connectivity index (χ3v) is 6.76. The Morgan fingerprint density at radius 2 is 2.15 bits per heavy atom. The van der Waals surface area contributed by atoms with Gasteiger partial charge in [0.1, 0.15) is 18.8 Å². The van der Waals surface area contributed by atoms with Crippen LogP contribution in [0.3, 0.4) is 0 Å². The summed E-state index contributed by atoms with van der Waals surface area (Å²) >= 11 is 0. The molecule has 7 nitrogen and oxygen atoms in total. The minimum Gasteiger partial charge on any atom is -0.458 e. The molecule has 7 heteroatoms. The van der Waals surface area contributed by atoms with E-state index < -0.39 is 41.6 Å². The predicted molar refractivity (Wildman–Crippen MR) is 94.8 cm³/mol. The standard InChI is InChI=1S/C20H31NO6/c1-5-19(4,7-11(2)3)17(23)25-9-14(22)26-15-12-6-13-16(15)27-18(24)20(13,8-12)10-21/h11-17,22-23H,5-9H2,1-4H3. The van der Waals surface area contributed by atoms with Crippen molar-refractivity contribution in [1.29, 1.82) is 5.26 Å². The lowest BCUT2D eigenvalue weighted by molar-refractivity contribution is -0.242. The van der Waals surface area contributed by atoms with Crippen molar-refractivity contribution in [2.75, 3.05) is 6.61 Å². The molecule has 0 radical (unpaired) electrons. The maximum atomic E-state index is 12.1. The summed E-state index contributed by atoms with van der Waals surface area (Å²) in [5, 5.41) is 30.1. The van der Waals surface area contributed by atoms with Gasteiger partial charge in [-0.1, -0.05) is 27.7 Å². The van der Waals surface area contributed by atoms with E-state index in [0.29, 0.717) is 18.8 Å². The zero-order valence-electron chi connectivity index (χ0n) is 16.6. The van der Waals surface area contributed by atoms with Crippen molar-refractivity contribution < 1.29 is 29.2 Å². The molecule has 152 valence electrons. The van der Waals surface area contributed by atoms with Gasteiger partial charge in [-0.05, 0) is 37.5 Å². The number of aliphatic hydroxyl groups excluding tert-OH is 2. The second-order valence-corrected chi connectivity index (χ2v) is 9.11. The van der Waals surface area contributed by atoms with E-state index in [4.69, 9.17) is 14.2 Å². The lowest BCUT2D eigenvalue weighted by atomic mass is 9.75. The van der Waals surface area contributed by atoms with Crippen molar-refractivity contribution >= 4 is 5.97 Å². The first-order valence-corrected chi connectivity index (χ1v) is 9.92. The Bertz CT molecular complexity index is 618. The third-order valence-electron chi connectivity index (χ3n) is 6.76. The maximum Gasteiger partial charge on any atom is 0.327 e. The van der Waals surface area contributed by atoms with Crippen LogP contribution in [0.1, 0.15) is 53.4 Å². The smallest absolute Gasteiger partial charge is 0.327 e. The number of aliphatic hydroxyl groups is 2. The first kappa shape index (κ1) is 20.5. The van der Waals surface area contributed by atoms with Gasteiger partial charge >= 0.3 is 5.97 Å². The number of nitriles is 1. The van der Waals surface area contributed by atoms with Gasteiger partial charge in [0.25, 0.3) is 0 Å². The van der Waals surface area contributed by atoms with Gasteiger partial charge in [-0.15, -0.1) is 0 Å². The van der Waals surface area contributed by atoms with Crippen molar-refractivity contribution in [3.63, 3.8) is 0 Å². The highest BCUT2D eigenvalue weighted by molar-refractivity contribution is 5.84. The van der Waals surface area contributed by atoms with E-state index in [1.165, 1.54) is 0 Å². The Morgan fingerprint density at radius 1 is 1.44 bits per heavy atom. The Hall–Kier alpha value is -1.20. The molecule has 27 heavy (non-hydrogen) atoms. The van der Waals surface area contributed by atoms with Crippen molar-refractivity contribution in [3.8, 4) is 6.07 Å². The van der Waals surface area contributed by atoms with E-state index >= 15 is 0 Å². The molecule has 0 aromatic rings. The number of hydrogen-bond acceptors (Lipinski definition) is 7. The van der Waals surface area contributed by atoms with Crippen LogP contribution in [0, 0.1) is 39.9 Å². The molecule has 2 saturated carbocycles. The molecule has 1 aliphatic heterocycles. The largest absolute Gasteiger partial charge is 0.458 e. The lowest BCUT2D eigenvalue weighted by Crippen LogP contribution is -2.42. The van der Waals surface area contributed by atoms with Gasteiger partial charge in [0.05, 0.1) is 6.07 Å². The molecule has 0 aromatic heterocycles. The lowest BCUT2D eigenvalue weighted by Gasteiger charge is -2.35. The highest BCUT2D eigenvalue weighted by Gasteiger charge is 2.71. The fraction of sp³-hybridized carbons (Fsp3) is 0.900. The fourth-order valence-electron chi connectivity index (χ4n) is 5.26. The van der Waals surface area contributed by atoms with E-state index in [1.54, 1.807) is 0 Å². The molecule has 0 aromatic carbocycles. The average molecular weight is 381 g/mol. The molecule has 1 saturated heterocycles. The molecular formula is C20H31NO6. The number of fused-ring (bicyclic) bond motifs is 1. The Kier molecular flexibility index (Phi) is 5.57. The number of hydrogen-bond donors (Lipinski definition) is 2. The number of esters is 1. The van der Waals surface area contributed by atoms with Crippen LogP contribution in [0.15, 0.2) is 0 Å². The highest BCUT2D eigenvalue weighted by Crippen LogP contribution is 2.62. The van der Waals surface area contributed by atoms with E-state index in [9.17, 15) is 20.3 Å². The van der Waals surface area contributed by atoms with Gasteiger partial charge in [-0.25, -0.2) is 0 Å². The Labute approximate surface area is 160 Å². The van der Waals surface area contributed by atoms with Crippen LogP contribution in [0.25, 0.3) is 0 Å². The first-order chi connectivity index (χ1) is 12.7. The monoisotopic (exact) mass is 381 g/mol. The van der Waals surface area contributed by atoms with Crippen molar-refractivity contribution in [3.05, 3.63) is 0 Å². The highest BCUT2D eigenvalue weighted by atomic mass is 16.7. The second kappa shape index (κ2) is 7.32. The van der Waals surface area contributed by atoms with Crippen LogP contribution in [-0.2, 0) is 19.0 Å². The fourth-order valence-corrected chi connectivity index (χ4v) is 5.26. The molecule has 3 aliphatic rings. The molecule has 2 bridgehead atoms. The summed E-state index contributed by atoms with van der Waals surface area (Å²) in [7, 11) is 0. The molecule has 0 spiro atoms. The number of nitrogens with zero attached hydrogens (tertiary/aromatic N) is 1. The maximum absolute atomic E-state index is 12.1. The van der Waals surface area contributed by atoms with Crippen molar-refractivity contribution in [1.82, 2.24) is 0 Å². The zero-order chi connectivity index (χ0) is 20.0. The van der Waals surface area contributed by atoms with Gasteiger partial charge in [-0.3, -0.25) is 4.79 Å². The molecule has 2 aliphatic carbocycles. The summed E-state index contributed by atoms with van der Waals surface area (Å²) in [6, 6.07) is 2.15. The Balaban J connectivity index is 1.53. The molecule has 2 N–H and O–H groups in total. The van der Waals surface area contributed by atoms with Gasteiger partial charge in [-0.2, -0.15) is 5.26 Å².